The van der Waals surface area contributed by atoms with Crippen LogP contribution in [-0.4, -0.2) is 43.5 Å². The van der Waals surface area contributed by atoms with Gasteiger partial charge in [-0.2, -0.15) is 0 Å². The summed E-state index contributed by atoms with van der Waals surface area (Å²) >= 11 is 0. The van der Waals surface area contributed by atoms with E-state index in [4.69, 9.17) is 4.74 Å². The van der Waals surface area contributed by atoms with E-state index in [-0.39, 0.29) is 11.2 Å². The van der Waals surface area contributed by atoms with E-state index in [9.17, 15) is 4.79 Å². The molecule has 0 radical (unpaired) electrons. The fourth-order valence-electron chi connectivity index (χ4n) is 2.56. The van der Waals surface area contributed by atoms with E-state index in [0.717, 1.165) is 50.4 Å². The average molecular weight is 235 g/mol. The predicted octanol–water partition coefficient (Wildman–Crippen LogP) is 1.80. The van der Waals surface area contributed by atoms with E-state index in [0.29, 0.717) is 0 Å². The maximum absolute atomic E-state index is 12.1. The zero-order chi connectivity index (χ0) is 12.5. The Hall–Kier alpha value is -0.930. The molecule has 0 N–H and O–H groups in total. The second kappa shape index (κ2) is 4.75. The fourth-order valence-corrected chi connectivity index (χ4v) is 2.56. The number of carbonyl (C=O) groups excluding carboxylic acids is 1. The fraction of sp³-hybridized carbons (Fsp3) is 0.643. The van der Waals surface area contributed by atoms with Crippen LogP contribution < -0.4 is 0 Å². The summed E-state index contributed by atoms with van der Waals surface area (Å²) in [6.45, 7) is 12.3. The molecule has 1 fully saturated rings. The SMILES string of the molecule is C=C1CC(C)(C)C=C(CN2CCOCC2)C1=O. The molecular formula is C14H21NO2. The van der Waals surface area contributed by atoms with Gasteiger partial charge >= 0.3 is 0 Å². The number of carbonyl (C=O) groups is 1. The molecule has 0 aromatic rings. The summed E-state index contributed by atoms with van der Waals surface area (Å²) in [6, 6.07) is 0. The van der Waals surface area contributed by atoms with Gasteiger partial charge < -0.3 is 4.74 Å². The molecule has 0 unspecified atom stereocenters. The molecule has 0 aromatic heterocycles. The largest absolute Gasteiger partial charge is 0.379 e. The highest BCUT2D eigenvalue weighted by atomic mass is 16.5. The molecule has 2 aliphatic rings. The highest BCUT2D eigenvalue weighted by Crippen LogP contribution is 2.34. The van der Waals surface area contributed by atoms with Crippen molar-refractivity contribution in [2.45, 2.75) is 20.3 Å². The Balaban J connectivity index is 2.09. The topological polar surface area (TPSA) is 29.5 Å². The van der Waals surface area contributed by atoms with Crippen LogP contribution in [0.1, 0.15) is 20.3 Å². The standard InChI is InChI=1S/C14H21NO2/c1-11-8-14(2,3)9-12(13(11)16)10-15-4-6-17-7-5-15/h9H,1,4-8,10H2,2-3H3. The molecule has 0 spiro atoms. The van der Waals surface area contributed by atoms with Gasteiger partial charge in [-0.25, -0.2) is 0 Å². The van der Waals surface area contributed by atoms with Gasteiger partial charge in [0.2, 0.25) is 0 Å². The summed E-state index contributed by atoms with van der Waals surface area (Å²) in [5.41, 5.74) is 1.72. The average Bonchev–Trinajstić information content (AvgIpc) is 2.26. The Bertz CT molecular complexity index is 362. The quantitative estimate of drug-likeness (QED) is 0.684. The molecule has 0 amide bonds. The molecule has 0 saturated carbocycles. The number of morpholine rings is 1. The van der Waals surface area contributed by atoms with Crippen LogP contribution in [0.3, 0.4) is 0 Å². The van der Waals surface area contributed by atoms with Crippen molar-refractivity contribution in [1.82, 2.24) is 4.90 Å². The molecule has 1 aliphatic heterocycles. The second-order valence-corrected chi connectivity index (χ2v) is 5.66. The Labute approximate surface area is 103 Å². The van der Waals surface area contributed by atoms with E-state index >= 15 is 0 Å². The molecule has 1 saturated heterocycles. The number of ether oxygens (including phenoxy) is 1. The number of hydrogen-bond donors (Lipinski definition) is 0. The van der Waals surface area contributed by atoms with E-state index in [1.807, 2.05) is 0 Å². The van der Waals surface area contributed by atoms with E-state index in [1.54, 1.807) is 0 Å². The first-order valence-electron chi connectivity index (χ1n) is 6.22. The smallest absolute Gasteiger partial charge is 0.185 e. The maximum atomic E-state index is 12.1. The van der Waals surface area contributed by atoms with Crippen molar-refractivity contribution < 1.29 is 9.53 Å². The minimum Gasteiger partial charge on any atom is -0.379 e. The van der Waals surface area contributed by atoms with Gasteiger partial charge in [-0.1, -0.05) is 26.5 Å². The number of allylic oxidation sites excluding steroid dienone is 2. The second-order valence-electron chi connectivity index (χ2n) is 5.66. The van der Waals surface area contributed by atoms with Gasteiger partial charge in [-0.3, -0.25) is 9.69 Å². The first-order valence-corrected chi connectivity index (χ1v) is 6.22. The van der Waals surface area contributed by atoms with Gasteiger partial charge in [-0.15, -0.1) is 0 Å². The lowest BCUT2D eigenvalue weighted by Gasteiger charge is -2.32. The zero-order valence-corrected chi connectivity index (χ0v) is 10.8. The van der Waals surface area contributed by atoms with Crippen molar-refractivity contribution >= 4 is 5.78 Å². The monoisotopic (exact) mass is 235 g/mol. The van der Waals surface area contributed by atoms with Crippen LogP contribution in [0, 0.1) is 5.41 Å². The van der Waals surface area contributed by atoms with Gasteiger partial charge in [0, 0.05) is 25.2 Å². The lowest BCUT2D eigenvalue weighted by molar-refractivity contribution is -0.113. The Morgan fingerprint density at radius 2 is 2.06 bits per heavy atom. The van der Waals surface area contributed by atoms with Crippen LogP contribution in [0.4, 0.5) is 0 Å². The number of ketones is 1. The first kappa shape index (κ1) is 12.5. The highest BCUT2D eigenvalue weighted by molar-refractivity contribution is 6.09. The van der Waals surface area contributed by atoms with Crippen molar-refractivity contribution in [3.63, 3.8) is 0 Å². The van der Waals surface area contributed by atoms with Crippen molar-refractivity contribution in [3.05, 3.63) is 23.8 Å². The Morgan fingerprint density at radius 1 is 1.41 bits per heavy atom. The van der Waals surface area contributed by atoms with Gasteiger partial charge in [0.1, 0.15) is 0 Å². The van der Waals surface area contributed by atoms with Crippen LogP contribution >= 0.6 is 0 Å². The normalized spacial score (nSPS) is 25.9. The van der Waals surface area contributed by atoms with Gasteiger partial charge in [0.25, 0.3) is 0 Å². The number of Topliss-reactive ketones (excluding diaryl/α,β-unsaturated/α-hetero) is 1. The third kappa shape index (κ3) is 3.05. The molecule has 3 nitrogen and oxygen atoms in total. The van der Waals surface area contributed by atoms with E-state index in [2.05, 4.69) is 31.4 Å². The summed E-state index contributed by atoms with van der Waals surface area (Å²) in [6.07, 6.45) is 2.90. The van der Waals surface area contributed by atoms with Crippen LogP contribution in [-0.2, 0) is 9.53 Å². The van der Waals surface area contributed by atoms with Gasteiger partial charge in [-0.05, 0) is 17.4 Å². The molecule has 1 heterocycles. The van der Waals surface area contributed by atoms with Crippen LogP contribution in [0.2, 0.25) is 0 Å². The summed E-state index contributed by atoms with van der Waals surface area (Å²) in [7, 11) is 0. The van der Waals surface area contributed by atoms with Gasteiger partial charge in [0.15, 0.2) is 5.78 Å². The third-order valence-electron chi connectivity index (χ3n) is 3.34. The summed E-state index contributed by atoms with van der Waals surface area (Å²) < 4.78 is 5.31. The maximum Gasteiger partial charge on any atom is 0.185 e. The summed E-state index contributed by atoms with van der Waals surface area (Å²) in [4.78, 5) is 14.3. The predicted molar refractivity (Wildman–Crippen MR) is 67.9 cm³/mol. The lowest BCUT2D eigenvalue weighted by Crippen LogP contribution is -2.39. The molecule has 0 atom stereocenters. The van der Waals surface area contributed by atoms with E-state index < -0.39 is 0 Å². The van der Waals surface area contributed by atoms with Crippen molar-refractivity contribution in [3.8, 4) is 0 Å². The van der Waals surface area contributed by atoms with Crippen LogP contribution in [0.15, 0.2) is 23.8 Å². The third-order valence-corrected chi connectivity index (χ3v) is 3.34. The molecule has 17 heavy (non-hydrogen) atoms. The number of rotatable bonds is 2. The molecule has 3 heteroatoms. The molecular weight excluding hydrogens is 214 g/mol. The Morgan fingerprint density at radius 3 is 2.71 bits per heavy atom. The number of nitrogens with zero attached hydrogens (tertiary/aromatic N) is 1. The molecule has 0 bridgehead atoms. The molecule has 94 valence electrons. The lowest BCUT2D eigenvalue weighted by atomic mass is 9.77. The van der Waals surface area contributed by atoms with Crippen molar-refractivity contribution in [1.29, 1.82) is 0 Å². The van der Waals surface area contributed by atoms with Gasteiger partial charge in [0.05, 0.1) is 13.2 Å². The molecule has 0 aromatic carbocycles. The minimum absolute atomic E-state index is 0.0621. The van der Waals surface area contributed by atoms with Crippen molar-refractivity contribution in [2.75, 3.05) is 32.8 Å². The van der Waals surface area contributed by atoms with E-state index in [1.165, 1.54) is 0 Å². The highest BCUT2D eigenvalue weighted by Gasteiger charge is 2.29. The van der Waals surface area contributed by atoms with Crippen LogP contribution in [0.25, 0.3) is 0 Å². The first-order chi connectivity index (χ1) is 7.98. The number of hydrogen-bond acceptors (Lipinski definition) is 3. The molecule has 2 rings (SSSR count). The van der Waals surface area contributed by atoms with Crippen LogP contribution in [0.5, 0.6) is 0 Å². The Kier molecular flexibility index (Phi) is 3.50. The summed E-state index contributed by atoms with van der Waals surface area (Å²) in [5.74, 6) is 0.149. The summed E-state index contributed by atoms with van der Waals surface area (Å²) in [5, 5.41) is 0. The van der Waals surface area contributed by atoms with Crippen molar-refractivity contribution in [2.24, 2.45) is 5.41 Å². The zero-order valence-electron chi connectivity index (χ0n) is 10.8. The molecule has 1 aliphatic carbocycles. The minimum atomic E-state index is 0.0621.